The molecule has 8 heteroatoms. The van der Waals surface area contributed by atoms with Crippen molar-refractivity contribution in [2.45, 2.75) is 39.3 Å². The molecular formula is C28H31F2N5O. The number of amides is 1. The highest BCUT2D eigenvalue weighted by atomic mass is 19.1. The number of fused-ring (bicyclic) bond motifs is 1. The predicted molar refractivity (Wildman–Crippen MR) is 136 cm³/mol. The number of carbonyl (C=O) groups excluding carboxylic acids is 1. The summed E-state index contributed by atoms with van der Waals surface area (Å²) < 4.78 is 27.7. The topological polar surface area (TPSA) is 52.6 Å². The number of piperidine rings is 1. The van der Waals surface area contributed by atoms with Crippen molar-refractivity contribution in [2.24, 2.45) is 5.92 Å². The Bertz CT molecular complexity index is 1240. The molecule has 2 aromatic carbocycles. The lowest BCUT2D eigenvalue weighted by Crippen LogP contribution is -2.40. The van der Waals surface area contributed by atoms with E-state index in [0.29, 0.717) is 37.9 Å². The first-order chi connectivity index (χ1) is 17.4. The second-order valence-electron chi connectivity index (χ2n) is 9.88. The molecule has 3 heterocycles. The second-order valence-corrected chi connectivity index (χ2v) is 9.88. The number of halogens is 2. The average Bonchev–Trinajstić information content (AvgIpc) is 2.88. The first-order valence-electron chi connectivity index (χ1n) is 12.5. The Hall–Kier alpha value is -3.55. The zero-order valence-electron chi connectivity index (χ0n) is 20.8. The highest BCUT2D eigenvalue weighted by Gasteiger charge is 2.30. The van der Waals surface area contributed by atoms with Gasteiger partial charge in [-0.25, -0.2) is 13.8 Å². The fourth-order valence-electron chi connectivity index (χ4n) is 4.97. The number of carbonyl (C=O) groups is 1. The van der Waals surface area contributed by atoms with Gasteiger partial charge in [0.15, 0.2) is 0 Å². The molecule has 2 aliphatic rings. The molecule has 1 aromatic heterocycles. The van der Waals surface area contributed by atoms with Crippen LogP contribution in [0.2, 0.25) is 0 Å². The van der Waals surface area contributed by atoms with E-state index < -0.39 is 17.5 Å². The zero-order chi connectivity index (χ0) is 25.2. The number of anilines is 2. The third-order valence-corrected chi connectivity index (χ3v) is 7.16. The van der Waals surface area contributed by atoms with Crippen molar-refractivity contribution in [2.75, 3.05) is 36.5 Å². The minimum absolute atomic E-state index is 0.117. The van der Waals surface area contributed by atoms with E-state index in [1.165, 1.54) is 11.6 Å². The molecule has 0 N–H and O–H groups in total. The Morgan fingerprint density at radius 1 is 1.06 bits per heavy atom. The van der Waals surface area contributed by atoms with E-state index in [-0.39, 0.29) is 5.56 Å². The molecule has 1 fully saturated rings. The molecule has 0 radical (unpaired) electrons. The van der Waals surface area contributed by atoms with Gasteiger partial charge >= 0.3 is 0 Å². The normalized spacial score (nSPS) is 16.1. The molecular weight excluding hydrogens is 460 g/mol. The molecule has 0 aliphatic carbocycles. The molecule has 3 aromatic rings. The molecule has 0 unspecified atom stereocenters. The van der Waals surface area contributed by atoms with E-state index in [4.69, 9.17) is 9.97 Å². The van der Waals surface area contributed by atoms with Crippen molar-refractivity contribution in [3.05, 3.63) is 82.5 Å². The number of nitrogens with zero attached hydrogens (tertiary/aromatic N) is 5. The van der Waals surface area contributed by atoms with Gasteiger partial charge in [-0.3, -0.25) is 4.79 Å². The number of benzene rings is 2. The summed E-state index contributed by atoms with van der Waals surface area (Å²) in [7, 11) is 1.99. The van der Waals surface area contributed by atoms with Gasteiger partial charge < -0.3 is 14.7 Å². The third-order valence-electron chi connectivity index (χ3n) is 7.16. The summed E-state index contributed by atoms with van der Waals surface area (Å²) in [6.45, 7) is 5.46. The van der Waals surface area contributed by atoms with Crippen molar-refractivity contribution in [1.82, 2.24) is 14.9 Å². The van der Waals surface area contributed by atoms with E-state index in [9.17, 15) is 13.6 Å². The van der Waals surface area contributed by atoms with Gasteiger partial charge in [0.05, 0.1) is 17.8 Å². The summed E-state index contributed by atoms with van der Waals surface area (Å²) in [6.07, 6.45) is 2.71. The lowest BCUT2D eigenvalue weighted by Gasteiger charge is -2.36. The summed E-state index contributed by atoms with van der Waals surface area (Å²) in [5.41, 5.74) is 2.90. The van der Waals surface area contributed by atoms with Crippen molar-refractivity contribution < 1.29 is 13.6 Å². The molecule has 2 aliphatic heterocycles. The molecule has 188 valence electrons. The SMILES string of the molecule is CC1CCN(c2nc(N(C)Cc3ccccc3)nc3c2CN(C(=O)c2ccc(F)cc2F)CC3)CC1. The van der Waals surface area contributed by atoms with Crippen LogP contribution in [-0.4, -0.2) is 47.5 Å². The first kappa shape index (κ1) is 24.2. The molecule has 0 spiro atoms. The maximum atomic E-state index is 14.4. The number of rotatable bonds is 5. The van der Waals surface area contributed by atoms with Crippen LogP contribution >= 0.6 is 0 Å². The van der Waals surface area contributed by atoms with Crippen molar-refractivity contribution >= 4 is 17.7 Å². The summed E-state index contributed by atoms with van der Waals surface area (Å²) in [5.74, 6) is 0.204. The standard InChI is InChI=1S/C28H31F2N5O/c1-19-10-13-34(14-11-19)26-23-18-35(27(36)22-9-8-21(29)16-24(22)30)15-12-25(23)31-28(32-26)33(2)17-20-6-4-3-5-7-20/h3-9,16,19H,10-15,17-18H2,1-2H3. The van der Waals surface area contributed by atoms with Gasteiger partial charge in [-0.15, -0.1) is 0 Å². The number of hydrogen-bond donors (Lipinski definition) is 0. The van der Waals surface area contributed by atoms with Crippen molar-refractivity contribution in [1.29, 1.82) is 0 Å². The van der Waals surface area contributed by atoms with Crippen LogP contribution in [0.15, 0.2) is 48.5 Å². The van der Waals surface area contributed by atoms with E-state index in [1.807, 2.05) is 25.2 Å². The third kappa shape index (κ3) is 5.03. The van der Waals surface area contributed by atoms with Crippen LogP contribution in [0.1, 0.15) is 46.9 Å². The first-order valence-corrected chi connectivity index (χ1v) is 12.5. The minimum atomic E-state index is -0.842. The second kappa shape index (κ2) is 10.2. The smallest absolute Gasteiger partial charge is 0.257 e. The van der Waals surface area contributed by atoms with E-state index in [1.54, 1.807) is 4.90 Å². The predicted octanol–water partition coefficient (Wildman–Crippen LogP) is 4.83. The zero-order valence-corrected chi connectivity index (χ0v) is 20.8. The monoisotopic (exact) mass is 491 g/mol. The van der Waals surface area contributed by atoms with Crippen LogP contribution in [0.5, 0.6) is 0 Å². The average molecular weight is 492 g/mol. The van der Waals surface area contributed by atoms with Crippen LogP contribution < -0.4 is 9.80 Å². The van der Waals surface area contributed by atoms with Crippen LogP contribution in [0.3, 0.4) is 0 Å². The molecule has 0 atom stereocenters. The minimum Gasteiger partial charge on any atom is -0.356 e. The van der Waals surface area contributed by atoms with E-state index in [2.05, 4.69) is 28.9 Å². The summed E-state index contributed by atoms with van der Waals surface area (Å²) in [4.78, 5) is 29.0. The summed E-state index contributed by atoms with van der Waals surface area (Å²) in [5, 5.41) is 0. The van der Waals surface area contributed by atoms with Crippen LogP contribution in [0, 0.1) is 17.6 Å². The summed E-state index contributed by atoms with van der Waals surface area (Å²) >= 11 is 0. The van der Waals surface area contributed by atoms with Gasteiger partial charge in [-0.05, 0) is 36.5 Å². The van der Waals surface area contributed by atoms with Crippen LogP contribution in [0.4, 0.5) is 20.5 Å². The maximum absolute atomic E-state index is 14.4. The fourth-order valence-corrected chi connectivity index (χ4v) is 4.97. The van der Waals surface area contributed by atoms with E-state index >= 15 is 0 Å². The van der Waals surface area contributed by atoms with Crippen molar-refractivity contribution in [3.8, 4) is 0 Å². The molecule has 0 saturated carbocycles. The van der Waals surface area contributed by atoms with Crippen molar-refractivity contribution in [3.63, 3.8) is 0 Å². The quantitative estimate of drug-likeness (QED) is 0.512. The van der Waals surface area contributed by atoms with Gasteiger partial charge in [0, 0.05) is 51.3 Å². The maximum Gasteiger partial charge on any atom is 0.257 e. The lowest BCUT2D eigenvalue weighted by atomic mass is 9.98. The Morgan fingerprint density at radius 2 is 1.81 bits per heavy atom. The number of hydrogen-bond acceptors (Lipinski definition) is 5. The molecule has 1 amide bonds. The van der Waals surface area contributed by atoms with E-state index in [0.717, 1.165) is 55.1 Å². The van der Waals surface area contributed by atoms with Gasteiger partial charge in [0.1, 0.15) is 17.5 Å². The van der Waals surface area contributed by atoms with Gasteiger partial charge in [0.25, 0.3) is 5.91 Å². The molecule has 6 nitrogen and oxygen atoms in total. The summed E-state index contributed by atoms with van der Waals surface area (Å²) in [6, 6.07) is 13.3. The number of aromatic nitrogens is 2. The lowest BCUT2D eigenvalue weighted by molar-refractivity contribution is 0.0728. The Labute approximate surface area is 210 Å². The molecule has 36 heavy (non-hydrogen) atoms. The van der Waals surface area contributed by atoms with Crippen LogP contribution in [-0.2, 0) is 19.5 Å². The molecule has 5 rings (SSSR count). The molecule has 0 bridgehead atoms. The Balaban J connectivity index is 1.46. The van der Waals surface area contributed by atoms with Crippen LogP contribution in [0.25, 0.3) is 0 Å². The van der Waals surface area contributed by atoms with Gasteiger partial charge in [0.2, 0.25) is 5.95 Å². The highest BCUT2D eigenvalue weighted by Crippen LogP contribution is 2.32. The largest absolute Gasteiger partial charge is 0.356 e. The fraction of sp³-hybridized carbons (Fsp3) is 0.393. The Kier molecular flexibility index (Phi) is 6.85. The highest BCUT2D eigenvalue weighted by molar-refractivity contribution is 5.94. The molecule has 1 saturated heterocycles. The van der Waals surface area contributed by atoms with Gasteiger partial charge in [-0.2, -0.15) is 4.98 Å². The Morgan fingerprint density at radius 3 is 2.53 bits per heavy atom. The van der Waals surface area contributed by atoms with Gasteiger partial charge in [-0.1, -0.05) is 37.3 Å².